The van der Waals surface area contributed by atoms with Gasteiger partial charge in [-0.15, -0.1) is 5.10 Å². The molecule has 0 spiro atoms. The Labute approximate surface area is 92.3 Å². The first-order valence-corrected chi connectivity index (χ1v) is 4.52. The molecule has 2 rings (SSSR count). The average molecular weight is 265 g/mol. The number of halogens is 2. The molecular weight excluding hydrogens is 255 g/mol. The molecule has 0 unspecified atom stereocenters. The second-order valence-corrected chi connectivity index (χ2v) is 3.50. The van der Waals surface area contributed by atoms with E-state index in [1.165, 1.54) is 4.52 Å². The number of nitrogens with zero attached hydrogens (tertiary/aromatic N) is 3. The minimum atomic E-state index is -2.33. The van der Waals surface area contributed by atoms with Crippen molar-refractivity contribution in [2.45, 2.75) is 0 Å². The molecule has 0 aliphatic carbocycles. The first-order valence-electron chi connectivity index (χ1n) is 4.85. The molecule has 0 aliphatic heterocycles. The summed E-state index contributed by atoms with van der Waals surface area (Å²) in [5.74, 6) is 0.164. The van der Waals surface area contributed by atoms with Gasteiger partial charge in [-0.25, -0.2) is 4.52 Å². The minimum absolute atomic E-state index is 0.0256. The second-order valence-electron chi connectivity index (χ2n) is 2.31. The molecule has 2 aromatic heterocycles. The fourth-order valence-corrected chi connectivity index (χ4v) is 1.70. The van der Waals surface area contributed by atoms with E-state index in [1.54, 1.807) is 12.3 Å². The van der Waals surface area contributed by atoms with Crippen LogP contribution in [0.4, 0.5) is 5.82 Å². The SMILES string of the molecule is [2H]C([2H])([2H])Nc1nc(Cl)nn2ccc(Br)c12. The van der Waals surface area contributed by atoms with Gasteiger partial charge in [0, 0.05) is 21.8 Å². The molecule has 0 bridgehead atoms. The highest BCUT2D eigenvalue weighted by Gasteiger charge is 2.08. The van der Waals surface area contributed by atoms with Crippen molar-refractivity contribution >= 4 is 38.9 Å². The van der Waals surface area contributed by atoms with Gasteiger partial charge in [-0.1, -0.05) is 0 Å². The van der Waals surface area contributed by atoms with E-state index < -0.39 is 6.98 Å². The van der Waals surface area contributed by atoms with Gasteiger partial charge in [0.05, 0.1) is 0 Å². The van der Waals surface area contributed by atoms with E-state index in [9.17, 15) is 0 Å². The van der Waals surface area contributed by atoms with Gasteiger partial charge in [0.15, 0.2) is 5.82 Å². The van der Waals surface area contributed by atoms with E-state index in [0.29, 0.717) is 9.99 Å². The fourth-order valence-electron chi connectivity index (χ4n) is 1.05. The summed E-state index contributed by atoms with van der Waals surface area (Å²) in [6.45, 7) is -2.33. The minimum Gasteiger partial charge on any atom is -0.371 e. The number of nitrogens with one attached hydrogen (secondary N) is 1. The van der Waals surface area contributed by atoms with Gasteiger partial charge in [0.1, 0.15) is 5.52 Å². The van der Waals surface area contributed by atoms with E-state index in [2.05, 4.69) is 31.3 Å². The van der Waals surface area contributed by atoms with Crippen molar-refractivity contribution < 1.29 is 4.11 Å². The van der Waals surface area contributed by atoms with E-state index in [1.807, 2.05) is 0 Å². The van der Waals surface area contributed by atoms with Crippen LogP contribution in [0.5, 0.6) is 0 Å². The van der Waals surface area contributed by atoms with E-state index in [0.717, 1.165) is 0 Å². The molecule has 68 valence electrons. The fraction of sp³-hybridized carbons (Fsp3) is 0.143. The molecule has 0 aliphatic rings. The summed E-state index contributed by atoms with van der Waals surface area (Å²) in [6.07, 6.45) is 1.65. The molecule has 0 atom stereocenters. The van der Waals surface area contributed by atoms with Gasteiger partial charge in [-0.3, -0.25) is 0 Å². The van der Waals surface area contributed by atoms with Gasteiger partial charge >= 0.3 is 0 Å². The lowest BCUT2D eigenvalue weighted by Gasteiger charge is -2.02. The maximum absolute atomic E-state index is 7.13. The topological polar surface area (TPSA) is 42.2 Å². The number of hydrogen-bond donors (Lipinski definition) is 1. The molecule has 0 radical (unpaired) electrons. The molecule has 0 saturated carbocycles. The quantitative estimate of drug-likeness (QED) is 0.858. The Balaban J connectivity index is 2.62. The van der Waals surface area contributed by atoms with Crippen LogP contribution in [-0.4, -0.2) is 21.6 Å². The number of hydrogen-bond acceptors (Lipinski definition) is 3. The van der Waals surface area contributed by atoms with Crippen LogP contribution in [0.25, 0.3) is 5.52 Å². The van der Waals surface area contributed by atoms with Gasteiger partial charge in [0.25, 0.3) is 0 Å². The predicted octanol–water partition coefficient (Wildman–Crippen LogP) is 2.19. The van der Waals surface area contributed by atoms with Crippen LogP contribution in [0, 0.1) is 0 Å². The lowest BCUT2D eigenvalue weighted by atomic mass is 10.5. The Morgan fingerprint density at radius 3 is 3.38 bits per heavy atom. The van der Waals surface area contributed by atoms with E-state index in [-0.39, 0.29) is 11.1 Å². The van der Waals surface area contributed by atoms with Gasteiger partial charge < -0.3 is 5.32 Å². The number of rotatable bonds is 1. The number of anilines is 1. The summed E-state index contributed by atoms with van der Waals surface area (Å²) in [5.41, 5.74) is 0.528. The highest BCUT2D eigenvalue weighted by molar-refractivity contribution is 9.10. The molecule has 6 heteroatoms. The van der Waals surface area contributed by atoms with Crippen molar-refractivity contribution in [1.29, 1.82) is 0 Å². The third-order valence-corrected chi connectivity index (χ3v) is 2.35. The molecule has 2 aromatic rings. The normalized spacial score (nSPS) is 15.1. The maximum atomic E-state index is 7.13. The first kappa shape index (κ1) is 5.82. The van der Waals surface area contributed by atoms with Crippen molar-refractivity contribution in [3.05, 3.63) is 22.0 Å². The summed E-state index contributed by atoms with van der Waals surface area (Å²) in [4.78, 5) is 3.85. The summed E-state index contributed by atoms with van der Waals surface area (Å²) in [5, 5.41) is 6.18. The van der Waals surface area contributed by atoms with Crippen LogP contribution < -0.4 is 5.32 Å². The Morgan fingerprint density at radius 2 is 2.62 bits per heavy atom. The lowest BCUT2D eigenvalue weighted by molar-refractivity contribution is 0.905. The molecular formula is C7H6BrClN4. The Morgan fingerprint density at radius 1 is 1.77 bits per heavy atom. The highest BCUT2D eigenvalue weighted by Crippen LogP contribution is 2.24. The summed E-state index contributed by atoms with van der Waals surface area (Å²) < 4.78 is 23.5. The molecule has 1 N–H and O–H groups in total. The predicted molar refractivity (Wildman–Crippen MR) is 55.2 cm³/mol. The van der Waals surface area contributed by atoms with E-state index in [4.69, 9.17) is 15.7 Å². The van der Waals surface area contributed by atoms with Crippen molar-refractivity contribution in [2.24, 2.45) is 0 Å². The van der Waals surface area contributed by atoms with Crippen molar-refractivity contribution in [3.63, 3.8) is 0 Å². The highest BCUT2D eigenvalue weighted by atomic mass is 79.9. The molecule has 2 heterocycles. The Kier molecular flexibility index (Phi) is 1.41. The Hall–Kier alpha value is -0.810. The molecule has 0 amide bonds. The maximum Gasteiger partial charge on any atom is 0.243 e. The van der Waals surface area contributed by atoms with Crippen LogP contribution >= 0.6 is 27.5 Å². The molecule has 0 fully saturated rings. The number of aromatic nitrogens is 3. The Bertz CT molecular complexity index is 538. The van der Waals surface area contributed by atoms with Gasteiger partial charge in [0.2, 0.25) is 5.28 Å². The first-order chi connectivity index (χ1) is 7.37. The zero-order valence-corrected chi connectivity index (χ0v) is 8.59. The second kappa shape index (κ2) is 3.16. The summed E-state index contributed by atoms with van der Waals surface area (Å²) >= 11 is 8.96. The average Bonchev–Trinajstić information content (AvgIpc) is 2.44. The monoisotopic (exact) mass is 263 g/mol. The van der Waals surface area contributed by atoms with Gasteiger partial charge in [-0.05, 0) is 33.6 Å². The zero-order valence-electron chi connectivity index (χ0n) is 9.25. The molecule has 4 nitrogen and oxygen atoms in total. The molecule has 0 saturated heterocycles. The standard InChI is InChI=1S/C7H6BrClN4/c1-10-6-5-4(8)2-3-13(5)12-7(9)11-6/h2-3H,1H3,(H,10,11,12)/i1D3. The smallest absolute Gasteiger partial charge is 0.243 e. The third kappa shape index (κ3) is 1.38. The third-order valence-electron chi connectivity index (χ3n) is 1.55. The van der Waals surface area contributed by atoms with Crippen LogP contribution in [0.15, 0.2) is 16.7 Å². The van der Waals surface area contributed by atoms with Crippen LogP contribution in [-0.2, 0) is 0 Å². The van der Waals surface area contributed by atoms with Crippen LogP contribution in [0.1, 0.15) is 4.11 Å². The summed E-state index contributed by atoms with van der Waals surface area (Å²) in [7, 11) is 0. The lowest BCUT2D eigenvalue weighted by Crippen LogP contribution is -2.00. The molecule has 0 aromatic carbocycles. The van der Waals surface area contributed by atoms with Crippen molar-refractivity contribution in [2.75, 3.05) is 12.3 Å². The van der Waals surface area contributed by atoms with Crippen LogP contribution in [0.2, 0.25) is 5.28 Å². The van der Waals surface area contributed by atoms with Gasteiger partial charge in [-0.2, -0.15) is 4.98 Å². The van der Waals surface area contributed by atoms with Crippen LogP contribution in [0.3, 0.4) is 0 Å². The molecule has 13 heavy (non-hydrogen) atoms. The summed E-state index contributed by atoms with van der Waals surface area (Å²) in [6, 6.07) is 1.73. The largest absolute Gasteiger partial charge is 0.371 e. The zero-order chi connectivity index (χ0) is 11.9. The van der Waals surface area contributed by atoms with E-state index >= 15 is 0 Å². The van der Waals surface area contributed by atoms with Crippen molar-refractivity contribution in [3.8, 4) is 0 Å². The van der Waals surface area contributed by atoms with Crippen molar-refractivity contribution in [1.82, 2.24) is 14.6 Å². The number of fused-ring (bicyclic) bond motifs is 1.